The van der Waals surface area contributed by atoms with Gasteiger partial charge in [0.15, 0.2) is 5.96 Å². The molecule has 1 aromatic carbocycles. The van der Waals surface area contributed by atoms with Gasteiger partial charge < -0.3 is 16.0 Å². The number of thioether (sulfide) groups is 1. The molecule has 23 heavy (non-hydrogen) atoms. The van der Waals surface area contributed by atoms with Crippen LogP contribution in [0.15, 0.2) is 29.3 Å². The second-order valence-corrected chi connectivity index (χ2v) is 6.73. The first-order valence-electron chi connectivity index (χ1n) is 7.60. The van der Waals surface area contributed by atoms with Gasteiger partial charge in [-0.2, -0.15) is 11.8 Å². The molecule has 3 N–H and O–H groups in total. The number of nitrogens with zero attached hydrogens (tertiary/aromatic N) is 1. The summed E-state index contributed by atoms with van der Waals surface area (Å²) in [6.07, 6.45) is 2.60. The third kappa shape index (κ3) is 7.43. The average Bonchev–Trinajstić information content (AvgIpc) is 3.00. The lowest BCUT2D eigenvalue weighted by molar-refractivity contribution is -0.114. The predicted molar refractivity (Wildman–Crippen MR) is 110 cm³/mol. The molecule has 0 bridgehead atoms. The minimum atomic E-state index is -0.0587. The molecule has 1 aromatic rings. The van der Waals surface area contributed by atoms with Gasteiger partial charge in [0.1, 0.15) is 0 Å². The standard InChI is InChI=1S/C16H24N4OS.HI/c1-12(21)20-14-6-3-5-13(9-14)10-18-16(17-2)19-11-15-7-4-8-22-15;/h3,5-6,9,15H,4,7-8,10-11H2,1-2H3,(H,20,21)(H2,17,18,19);1H. The van der Waals surface area contributed by atoms with Gasteiger partial charge in [-0.25, -0.2) is 0 Å². The Hall–Kier alpha value is -0.960. The van der Waals surface area contributed by atoms with Crippen LogP contribution in [0, 0.1) is 0 Å². The minimum Gasteiger partial charge on any atom is -0.355 e. The Labute approximate surface area is 159 Å². The molecule has 0 aromatic heterocycles. The summed E-state index contributed by atoms with van der Waals surface area (Å²) in [6, 6.07) is 7.82. The first-order valence-corrected chi connectivity index (χ1v) is 8.65. The molecule has 1 aliphatic rings. The summed E-state index contributed by atoms with van der Waals surface area (Å²) in [4.78, 5) is 15.3. The second-order valence-electron chi connectivity index (χ2n) is 5.32. The van der Waals surface area contributed by atoms with Crippen LogP contribution in [-0.4, -0.2) is 36.5 Å². The van der Waals surface area contributed by atoms with E-state index in [2.05, 4.69) is 20.9 Å². The topological polar surface area (TPSA) is 65.5 Å². The molecule has 0 radical (unpaired) electrons. The molecule has 1 fully saturated rings. The molecule has 2 rings (SSSR count). The summed E-state index contributed by atoms with van der Waals surface area (Å²) in [7, 11) is 1.78. The highest BCUT2D eigenvalue weighted by Gasteiger charge is 2.15. The van der Waals surface area contributed by atoms with Crippen molar-refractivity contribution >= 4 is 53.3 Å². The summed E-state index contributed by atoms with van der Waals surface area (Å²) in [6.45, 7) is 3.14. The molecule has 7 heteroatoms. The first-order chi connectivity index (χ1) is 10.7. The van der Waals surface area contributed by atoms with E-state index >= 15 is 0 Å². The summed E-state index contributed by atoms with van der Waals surface area (Å²) < 4.78 is 0. The second kappa shape index (κ2) is 10.7. The Balaban J connectivity index is 0.00000264. The van der Waals surface area contributed by atoms with Gasteiger partial charge in [0.2, 0.25) is 5.91 Å². The van der Waals surface area contributed by atoms with Gasteiger partial charge in [0.05, 0.1) is 0 Å². The highest BCUT2D eigenvalue weighted by Crippen LogP contribution is 2.25. The Bertz CT molecular complexity index is 533. The molecule has 1 amide bonds. The van der Waals surface area contributed by atoms with Crippen molar-refractivity contribution in [3.8, 4) is 0 Å². The molecule has 1 unspecified atom stereocenters. The van der Waals surface area contributed by atoms with Gasteiger partial charge in [-0.1, -0.05) is 12.1 Å². The zero-order chi connectivity index (χ0) is 15.8. The number of carbonyl (C=O) groups is 1. The molecule has 0 spiro atoms. The Morgan fingerprint density at radius 2 is 2.22 bits per heavy atom. The third-order valence-electron chi connectivity index (χ3n) is 3.45. The minimum absolute atomic E-state index is 0. The van der Waals surface area contributed by atoms with E-state index in [0.29, 0.717) is 11.8 Å². The van der Waals surface area contributed by atoms with E-state index in [9.17, 15) is 4.79 Å². The van der Waals surface area contributed by atoms with Gasteiger partial charge >= 0.3 is 0 Å². The van der Waals surface area contributed by atoms with Gasteiger partial charge in [-0.3, -0.25) is 9.79 Å². The fourth-order valence-electron chi connectivity index (χ4n) is 2.38. The number of benzene rings is 1. The third-order valence-corrected chi connectivity index (χ3v) is 4.85. The summed E-state index contributed by atoms with van der Waals surface area (Å²) in [5.74, 6) is 2.03. The monoisotopic (exact) mass is 448 g/mol. The first kappa shape index (κ1) is 20.1. The number of rotatable bonds is 5. The smallest absolute Gasteiger partial charge is 0.221 e. The van der Waals surface area contributed by atoms with E-state index in [1.807, 2.05) is 36.0 Å². The van der Waals surface area contributed by atoms with Crippen LogP contribution in [0.2, 0.25) is 0 Å². The molecule has 5 nitrogen and oxygen atoms in total. The molecular weight excluding hydrogens is 423 g/mol. The van der Waals surface area contributed by atoms with Crippen LogP contribution in [0.4, 0.5) is 5.69 Å². The normalized spacial score (nSPS) is 17.3. The highest BCUT2D eigenvalue weighted by atomic mass is 127. The fraction of sp³-hybridized carbons (Fsp3) is 0.500. The van der Waals surface area contributed by atoms with Crippen LogP contribution < -0.4 is 16.0 Å². The number of carbonyl (C=O) groups excluding carboxylic acids is 1. The number of amides is 1. The maximum Gasteiger partial charge on any atom is 0.221 e. The largest absolute Gasteiger partial charge is 0.355 e. The van der Waals surface area contributed by atoms with Crippen molar-refractivity contribution in [1.82, 2.24) is 10.6 Å². The Morgan fingerprint density at radius 1 is 1.39 bits per heavy atom. The molecule has 1 saturated heterocycles. The van der Waals surface area contributed by atoms with Gasteiger partial charge in [-0.15, -0.1) is 24.0 Å². The maximum atomic E-state index is 11.1. The van der Waals surface area contributed by atoms with Crippen molar-refractivity contribution in [2.75, 3.05) is 24.7 Å². The van der Waals surface area contributed by atoms with Gasteiger partial charge in [-0.05, 0) is 36.3 Å². The molecule has 0 saturated carbocycles. The number of hydrogen-bond donors (Lipinski definition) is 3. The average molecular weight is 448 g/mol. The van der Waals surface area contributed by atoms with Crippen molar-refractivity contribution in [3.63, 3.8) is 0 Å². The number of halogens is 1. The maximum absolute atomic E-state index is 11.1. The molecule has 0 aliphatic carbocycles. The van der Waals surface area contributed by atoms with Crippen LogP contribution in [0.3, 0.4) is 0 Å². The van der Waals surface area contributed by atoms with Crippen LogP contribution in [0.5, 0.6) is 0 Å². The van der Waals surface area contributed by atoms with E-state index in [-0.39, 0.29) is 29.9 Å². The Kier molecular flexibility index (Phi) is 9.39. The molecule has 1 aliphatic heterocycles. The van der Waals surface area contributed by atoms with Crippen LogP contribution in [0.25, 0.3) is 0 Å². The number of nitrogens with one attached hydrogen (secondary N) is 3. The number of hydrogen-bond acceptors (Lipinski definition) is 3. The van der Waals surface area contributed by atoms with E-state index in [4.69, 9.17) is 0 Å². The fourth-order valence-corrected chi connectivity index (χ4v) is 3.59. The van der Waals surface area contributed by atoms with E-state index in [1.54, 1.807) is 7.05 Å². The SMILES string of the molecule is CN=C(NCc1cccc(NC(C)=O)c1)NCC1CCCS1.I. The molecular formula is C16H25IN4OS. The molecule has 1 atom stereocenters. The number of anilines is 1. The van der Waals surface area contributed by atoms with Gasteiger partial charge in [0.25, 0.3) is 0 Å². The van der Waals surface area contributed by atoms with Crippen molar-refractivity contribution in [2.45, 2.75) is 31.6 Å². The number of aliphatic imine (C=N–C) groups is 1. The Morgan fingerprint density at radius 3 is 2.87 bits per heavy atom. The predicted octanol–water partition coefficient (Wildman–Crippen LogP) is 2.82. The van der Waals surface area contributed by atoms with Crippen LogP contribution >= 0.6 is 35.7 Å². The van der Waals surface area contributed by atoms with Crippen molar-refractivity contribution in [3.05, 3.63) is 29.8 Å². The van der Waals surface area contributed by atoms with Gasteiger partial charge in [0, 0.05) is 38.0 Å². The van der Waals surface area contributed by atoms with E-state index < -0.39 is 0 Å². The zero-order valence-electron chi connectivity index (χ0n) is 13.6. The van der Waals surface area contributed by atoms with Crippen molar-refractivity contribution < 1.29 is 4.79 Å². The lowest BCUT2D eigenvalue weighted by Crippen LogP contribution is -2.39. The molecule has 128 valence electrons. The molecule has 1 heterocycles. The summed E-state index contributed by atoms with van der Waals surface area (Å²) in [5.41, 5.74) is 1.92. The van der Waals surface area contributed by atoms with Crippen molar-refractivity contribution in [1.29, 1.82) is 0 Å². The van der Waals surface area contributed by atoms with Crippen LogP contribution in [-0.2, 0) is 11.3 Å². The quantitative estimate of drug-likeness (QED) is 0.368. The van der Waals surface area contributed by atoms with Crippen LogP contribution in [0.1, 0.15) is 25.3 Å². The summed E-state index contributed by atoms with van der Waals surface area (Å²) >= 11 is 2.03. The van der Waals surface area contributed by atoms with E-state index in [0.717, 1.165) is 23.8 Å². The van der Waals surface area contributed by atoms with E-state index in [1.165, 1.54) is 25.5 Å². The highest BCUT2D eigenvalue weighted by molar-refractivity contribution is 14.0. The number of guanidine groups is 1. The lowest BCUT2D eigenvalue weighted by atomic mass is 10.2. The summed E-state index contributed by atoms with van der Waals surface area (Å²) in [5, 5.41) is 10.2. The zero-order valence-corrected chi connectivity index (χ0v) is 16.7. The lowest BCUT2D eigenvalue weighted by Gasteiger charge is -2.15. The van der Waals surface area contributed by atoms with Crippen molar-refractivity contribution in [2.24, 2.45) is 4.99 Å².